The normalized spacial score (nSPS) is 11.7. The van der Waals surface area contributed by atoms with Gasteiger partial charge >= 0.3 is 5.97 Å². The van der Waals surface area contributed by atoms with Gasteiger partial charge in [-0.15, -0.1) is 12.4 Å². The molecule has 1 aromatic carbocycles. The molecule has 0 fully saturated rings. The van der Waals surface area contributed by atoms with Crippen LogP contribution in [0.4, 0.5) is 0 Å². The van der Waals surface area contributed by atoms with Crippen LogP contribution in [0.1, 0.15) is 11.1 Å². The quantitative estimate of drug-likeness (QED) is 0.826. The molecular formula is C10H13ClINO2. The fourth-order valence-electron chi connectivity index (χ4n) is 1.27. The summed E-state index contributed by atoms with van der Waals surface area (Å²) in [6.45, 7) is 1.98. The second kappa shape index (κ2) is 6.30. The molecule has 1 rings (SSSR count). The van der Waals surface area contributed by atoms with Gasteiger partial charge in [0.05, 0.1) is 0 Å². The van der Waals surface area contributed by atoms with Gasteiger partial charge in [0.25, 0.3) is 0 Å². The van der Waals surface area contributed by atoms with Crippen molar-refractivity contribution in [2.24, 2.45) is 5.73 Å². The van der Waals surface area contributed by atoms with E-state index in [1.54, 1.807) is 0 Å². The van der Waals surface area contributed by atoms with Gasteiger partial charge in [0, 0.05) is 3.57 Å². The SMILES string of the molecule is Cc1cc(I)cc(C[C@@H](N)C(=O)O)c1.Cl. The highest BCUT2D eigenvalue weighted by Gasteiger charge is 2.12. The second-order valence-corrected chi connectivity index (χ2v) is 4.53. The third-order valence-electron chi connectivity index (χ3n) is 1.87. The third-order valence-corrected chi connectivity index (χ3v) is 2.50. The molecule has 0 spiro atoms. The number of carboxylic acids is 1. The zero-order valence-electron chi connectivity index (χ0n) is 8.24. The molecule has 15 heavy (non-hydrogen) atoms. The number of benzene rings is 1. The molecule has 0 saturated carbocycles. The first kappa shape index (κ1) is 14.7. The summed E-state index contributed by atoms with van der Waals surface area (Å²) in [4.78, 5) is 10.5. The summed E-state index contributed by atoms with van der Waals surface area (Å²) in [5, 5.41) is 8.66. The van der Waals surface area contributed by atoms with Crippen molar-refractivity contribution < 1.29 is 9.90 Å². The van der Waals surface area contributed by atoms with Crippen LogP contribution in [0, 0.1) is 10.5 Å². The fourth-order valence-corrected chi connectivity index (χ4v) is 2.16. The Morgan fingerprint density at radius 1 is 1.53 bits per heavy atom. The molecule has 0 bridgehead atoms. The van der Waals surface area contributed by atoms with E-state index >= 15 is 0 Å². The molecule has 84 valence electrons. The summed E-state index contributed by atoms with van der Waals surface area (Å²) in [6, 6.07) is 5.14. The number of nitrogens with two attached hydrogens (primary N) is 1. The lowest BCUT2D eigenvalue weighted by Gasteiger charge is -2.07. The van der Waals surface area contributed by atoms with Gasteiger partial charge in [-0.25, -0.2) is 0 Å². The summed E-state index contributed by atoms with van der Waals surface area (Å²) < 4.78 is 1.11. The van der Waals surface area contributed by atoms with Crippen LogP contribution in [-0.2, 0) is 11.2 Å². The Morgan fingerprint density at radius 3 is 2.60 bits per heavy atom. The van der Waals surface area contributed by atoms with Gasteiger partial charge in [-0.2, -0.15) is 0 Å². The molecule has 0 unspecified atom stereocenters. The molecule has 0 radical (unpaired) electrons. The number of rotatable bonds is 3. The first-order valence-electron chi connectivity index (χ1n) is 4.23. The molecule has 3 nitrogen and oxygen atoms in total. The smallest absolute Gasteiger partial charge is 0.320 e. The van der Waals surface area contributed by atoms with Crippen LogP contribution in [0.2, 0.25) is 0 Å². The maximum absolute atomic E-state index is 10.5. The van der Waals surface area contributed by atoms with Crippen molar-refractivity contribution in [1.29, 1.82) is 0 Å². The summed E-state index contributed by atoms with van der Waals surface area (Å²) >= 11 is 2.21. The minimum atomic E-state index is -0.957. The molecular weight excluding hydrogens is 328 g/mol. The first-order chi connectivity index (χ1) is 6.49. The Labute approximate surface area is 109 Å². The molecule has 1 atom stereocenters. The monoisotopic (exact) mass is 341 g/mol. The standard InChI is InChI=1S/C10H12INO2.ClH/c1-6-2-7(4-8(11)3-6)5-9(12)10(13)14;/h2-4,9H,5,12H2,1H3,(H,13,14);1H/t9-;/m1./s1. The van der Waals surface area contributed by atoms with E-state index < -0.39 is 12.0 Å². The van der Waals surface area contributed by atoms with Crippen LogP contribution >= 0.6 is 35.0 Å². The zero-order chi connectivity index (χ0) is 10.7. The lowest BCUT2D eigenvalue weighted by Crippen LogP contribution is -2.32. The maximum atomic E-state index is 10.5. The van der Waals surface area contributed by atoms with Gasteiger partial charge in [0.2, 0.25) is 0 Å². The Bertz CT molecular complexity index is 337. The molecule has 0 aromatic heterocycles. The van der Waals surface area contributed by atoms with E-state index in [0.717, 1.165) is 14.7 Å². The molecule has 0 aliphatic rings. The highest BCUT2D eigenvalue weighted by Crippen LogP contribution is 2.13. The summed E-state index contributed by atoms with van der Waals surface area (Å²) in [5.74, 6) is -0.957. The van der Waals surface area contributed by atoms with Crippen LogP contribution in [-0.4, -0.2) is 17.1 Å². The van der Waals surface area contributed by atoms with E-state index in [2.05, 4.69) is 22.6 Å². The van der Waals surface area contributed by atoms with E-state index in [1.807, 2.05) is 25.1 Å². The number of aryl methyl sites for hydroxylation is 1. The number of carboxylic acid groups (broad SMARTS) is 1. The number of hydrogen-bond acceptors (Lipinski definition) is 2. The first-order valence-corrected chi connectivity index (χ1v) is 5.31. The van der Waals surface area contributed by atoms with Crippen molar-refractivity contribution in [2.75, 3.05) is 0 Å². The molecule has 0 aliphatic heterocycles. The van der Waals surface area contributed by atoms with Crippen molar-refractivity contribution in [3.63, 3.8) is 0 Å². The summed E-state index contributed by atoms with van der Waals surface area (Å²) in [7, 11) is 0. The molecule has 0 heterocycles. The zero-order valence-corrected chi connectivity index (χ0v) is 11.2. The van der Waals surface area contributed by atoms with E-state index in [-0.39, 0.29) is 12.4 Å². The van der Waals surface area contributed by atoms with Crippen molar-refractivity contribution in [1.82, 2.24) is 0 Å². The summed E-state index contributed by atoms with van der Waals surface area (Å²) in [6.07, 6.45) is 0.382. The number of carbonyl (C=O) groups is 1. The molecule has 5 heteroatoms. The predicted octanol–water partition coefficient (Wildman–Crippen LogP) is 1.98. The largest absolute Gasteiger partial charge is 0.480 e. The number of aliphatic carboxylic acids is 1. The fraction of sp³-hybridized carbons (Fsp3) is 0.300. The highest BCUT2D eigenvalue weighted by molar-refractivity contribution is 14.1. The number of halogens is 2. The minimum absolute atomic E-state index is 0. The predicted molar refractivity (Wildman–Crippen MR) is 70.5 cm³/mol. The van der Waals surface area contributed by atoms with Gasteiger partial charge in [-0.3, -0.25) is 4.79 Å². The van der Waals surface area contributed by atoms with Gasteiger partial charge < -0.3 is 10.8 Å². The Kier molecular flexibility index (Phi) is 6.16. The van der Waals surface area contributed by atoms with Crippen LogP contribution in [0.15, 0.2) is 18.2 Å². The van der Waals surface area contributed by atoms with Crippen molar-refractivity contribution >= 4 is 41.0 Å². The molecule has 1 aromatic rings. The number of hydrogen-bond donors (Lipinski definition) is 2. The summed E-state index contributed by atoms with van der Waals surface area (Å²) in [5.41, 5.74) is 7.55. The minimum Gasteiger partial charge on any atom is -0.480 e. The van der Waals surface area contributed by atoms with E-state index in [9.17, 15) is 4.79 Å². The van der Waals surface area contributed by atoms with E-state index in [1.165, 1.54) is 0 Å². The highest BCUT2D eigenvalue weighted by atomic mass is 127. The lowest BCUT2D eigenvalue weighted by molar-refractivity contribution is -0.138. The molecule has 0 aliphatic carbocycles. The Hall–Kier alpha value is -0.330. The molecule has 0 saturated heterocycles. The Balaban J connectivity index is 0.00000196. The van der Waals surface area contributed by atoms with Gasteiger partial charge in [-0.05, 0) is 59.2 Å². The third kappa shape index (κ3) is 4.81. The topological polar surface area (TPSA) is 63.3 Å². The average molecular weight is 342 g/mol. The van der Waals surface area contributed by atoms with Crippen LogP contribution in [0.25, 0.3) is 0 Å². The molecule has 0 amide bonds. The van der Waals surface area contributed by atoms with Gasteiger partial charge in [0.1, 0.15) is 6.04 Å². The average Bonchev–Trinajstić information content (AvgIpc) is 2.01. The second-order valence-electron chi connectivity index (χ2n) is 3.29. The van der Waals surface area contributed by atoms with Crippen molar-refractivity contribution in [3.8, 4) is 0 Å². The van der Waals surface area contributed by atoms with Crippen molar-refractivity contribution in [2.45, 2.75) is 19.4 Å². The van der Waals surface area contributed by atoms with Crippen molar-refractivity contribution in [3.05, 3.63) is 32.9 Å². The van der Waals surface area contributed by atoms with Gasteiger partial charge in [0.15, 0.2) is 0 Å². The van der Waals surface area contributed by atoms with Gasteiger partial charge in [-0.1, -0.05) is 6.07 Å². The lowest BCUT2D eigenvalue weighted by atomic mass is 10.0. The maximum Gasteiger partial charge on any atom is 0.320 e. The van der Waals surface area contributed by atoms with E-state index in [0.29, 0.717) is 6.42 Å². The van der Waals surface area contributed by atoms with E-state index in [4.69, 9.17) is 10.8 Å². The van der Waals surface area contributed by atoms with Crippen LogP contribution in [0.3, 0.4) is 0 Å². The van der Waals surface area contributed by atoms with Crippen LogP contribution < -0.4 is 5.73 Å². The molecule has 3 N–H and O–H groups in total. The van der Waals surface area contributed by atoms with Crippen LogP contribution in [0.5, 0.6) is 0 Å². The Morgan fingerprint density at radius 2 is 2.13 bits per heavy atom.